The Kier molecular flexibility index (Phi) is 7.41. The van der Waals surface area contributed by atoms with Crippen LogP contribution in [0.25, 0.3) is 0 Å². The van der Waals surface area contributed by atoms with Crippen LogP contribution in [-0.4, -0.2) is 36.4 Å². The van der Waals surface area contributed by atoms with E-state index in [1.54, 1.807) is 29.2 Å². The third kappa shape index (κ3) is 5.58. The van der Waals surface area contributed by atoms with Gasteiger partial charge < -0.3 is 15.0 Å². The van der Waals surface area contributed by atoms with E-state index >= 15 is 0 Å². The molecule has 2 amide bonds. The molecule has 0 atom stereocenters. The van der Waals surface area contributed by atoms with Crippen LogP contribution < -0.4 is 10.1 Å². The highest BCUT2D eigenvalue weighted by Crippen LogP contribution is 2.20. The summed E-state index contributed by atoms with van der Waals surface area (Å²) in [5.41, 5.74) is 3.54. The van der Waals surface area contributed by atoms with Gasteiger partial charge >= 0.3 is 0 Å². The molecule has 0 aliphatic carbocycles. The minimum atomic E-state index is -0.122. The molecule has 2 aromatic rings. The molecule has 2 aromatic carbocycles. The standard InChI is InChI=1S/C22H28N2O3/c1-5-24(6-2)22(26)18-10-12-19(13-11-18)23-21(25)14-15-27-20-9-7-8-16(3)17(20)4/h7-13H,5-6,14-15H2,1-4H3,(H,23,25). The van der Waals surface area contributed by atoms with Crippen LogP contribution in [0.4, 0.5) is 5.69 Å². The molecule has 2 rings (SSSR count). The van der Waals surface area contributed by atoms with Crippen molar-refractivity contribution in [3.8, 4) is 5.75 Å². The number of carbonyl (C=O) groups is 2. The van der Waals surface area contributed by atoms with Crippen molar-refractivity contribution in [3.63, 3.8) is 0 Å². The molecule has 0 radical (unpaired) electrons. The summed E-state index contributed by atoms with van der Waals surface area (Å²) in [6.07, 6.45) is 0.257. The van der Waals surface area contributed by atoms with E-state index in [0.717, 1.165) is 16.9 Å². The van der Waals surface area contributed by atoms with Gasteiger partial charge in [0.05, 0.1) is 13.0 Å². The van der Waals surface area contributed by atoms with Crippen molar-refractivity contribution in [1.82, 2.24) is 4.90 Å². The van der Waals surface area contributed by atoms with Crippen molar-refractivity contribution in [3.05, 3.63) is 59.2 Å². The Labute approximate surface area is 161 Å². The number of nitrogens with one attached hydrogen (secondary N) is 1. The maximum Gasteiger partial charge on any atom is 0.253 e. The zero-order valence-electron chi connectivity index (χ0n) is 16.5. The van der Waals surface area contributed by atoms with Crippen LogP contribution in [0, 0.1) is 13.8 Å². The Morgan fingerprint density at radius 3 is 2.30 bits per heavy atom. The monoisotopic (exact) mass is 368 g/mol. The van der Waals surface area contributed by atoms with E-state index in [2.05, 4.69) is 5.32 Å². The first-order valence-electron chi connectivity index (χ1n) is 9.34. The van der Waals surface area contributed by atoms with Crippen LogP contribution >= 0.6 is 0 Å². The molecule has 144 valence electrons. The van der Waals surface area contributed by atoms with Gasteiger partial charge in [0, 0.05) is 24.3 Å². The van der Waals surface area contributed by atoms with Crippen LogP contribution in [0.3, 0.4) is 0 Å². The molecule has 0 aliphatic rings. The van der Waals surface area contributed by atoms with E-state index in [1.807, 2.05) is 45.9 Å². The Morgan fingerprint density at radius 1 is 1.00 bits per heavy atom. The Balaban J connectivity index is 1.85. The zero-order valence-corrected chi connectivity index (χ0v) is 16.5. The summed E-state index contributed by atoms with van der Waals surface area (Å²) in [5.74, 6) is 0.685. The van der Waals surface area contributed by atoms with E-state index in [-0.39, 0.29) is 18.2 Å². The van der Waals surface area contributed by atoms with Gasteiger partial charge in [-0.2, -0.15) is 0 Å². The first-order valence-corrected chi connectivity index (χ1v) is 9.34. The average Bonchev–Trinajstić information content (AvgIpc) is 2.66. The highest BCUT2D eigenvalue weighted by molar-refractivity contribution is 5.95. The number of hydrogen-bond donors (Lipinski definition) is 1. The molecule has 0 saturated heterocycles. The van der Waals surface area contributed by atoms with Gasteiger partial charge in [0.2, 0.25) is 5.91 Å². The summed E-state index contributed by atoms with van der Waals surface area (Å²) in [7, 11) is 0. The van der Waals surface area contributed by atoms with Crippen LogP contribution in [0.5, 0.6) is 5.75 Å². The molecule has 0 fully saturated rings. The number of carbonyl (C=O) groups excluding carboxylic acids is 2. The summed E-state index contributed by atoms with van der Waals surface area (Å²) in [4.78, 5) is 26.2. The minimum absolute atomic E-state index is 0.000184. The highest BCUT2D eigenvalue weighted by atomic mass is 16.5. The molecular formula is C22H28N2O3. The molecule has 0 heterocycles. The maximum absolute atomic E-state index is 12.3. The van der Waals surface area contributed by atoms with E-state index in [1.165, 1.54) is 0 Å². The van der Waals surface area contributed by atoms with E-state index < -0.39 is 0 Å². The molecule has 5 heteroatoms. The Morgan fingerprint density at radius 2 is 1.67 bits per heavy atom. The van der Waals surface area contributed by atoms with Crippen LogP contribution in [-0.2, 0) is 4.79 Å². The second-order valence-electron chi connectivity index (χ2n) is 6.40. The molecule has 0 aliphatic heterocycles. The molecule has 27 heavy (non-hydrogen) atoms. The fourth-order valence-corrected chi connectivity index (χ4v) is 2.75. The van der Waals surface area contributed by atoms with Crippen LogP contribution in [0.1, 0.15) is 41.8 Å². The summed E-state index contributed by atoms with van der Waals surface area (Å²) in [6, 6.07) is 12.9. The first-order chi connectivity index (χ1) is 13.0. The number of amides is 2. The van der Waals surface area contributed by atoms with Gasteiger partial charge in [0.1, 0.15) is 5.75 Å². The van der Waals surface area contributed by atoms with Gasteiger partial charge in [-0.25, -0.2) is 0 Å². The quantitative estimate of drug-likeness (QED) is 0.760. The van der Waals surface area contributed by atoms with Crippen molar-refractivity contribution in [2.24, 2.45) is 0 Å². The lowest BCUT2D eigenvalue weighted by Gasteiger charge is -2.18. The predicted molar refractivity (Wildman–Crippen MR) is 108 cm³/mol. The van der Waals surface area contributed by atoms with Gasteiger partial charge in [0.15, 0.2) is 0 Å². The van der Waals surface area contributed by atoms with Crippen molar-refractivity contribution in [2.45, 2.75) is 34.1 Å². The third-order valence-corrected chi connectivity index (χ3v) is 4.61. The summed E-state index contributed by atoms with van der Waals surface area (Å²) >= 11 is 0. The Hall–Kier alpha value is -2.82. The smallest absolute Gasteiger partial charge is 0.253 e. The van der Waals surface area contributed by atoms with Crippen molar-refractivity contribution < 1.29 is 14.3 Å². The SMILES string of the molecule is CCN(CC)C(=O)c1ccc(NC(=O)CCOc2cccc(C)c2C)cc1. The van der Waals surface area contributed by atoms with E-state index in [4.69, 9.17) is 4.74 Å². The maximum atomic E-state index is 12.3. The number of ether oxygens (including phenoxy) is 1. The Bertz CT molecular complexity index is 781. The second kappa shape index (κ2) is 9.76. The number of benzene rings is 2. The topological polar surface area (TPSA) is 58.6 Å². The average molecular weight is 368 g/mol. The minimum Gasteiger partial charge on any atom is -0.493 e. The van der Waals surface area contributed by atoms with Crippen molar-refractivity contribution >= 4 is 17.5 Å². The largest absolute Gasteiger partial charge is 0.493 e. The fraction of sp³-hybridized carbons (Fsp3) is 0.364. The van der Waals surface area contributed by atoms with Gasteiger partial charge in [-0.15, -0.1) is 0 Å². The molecule has 0 bridgehead atoms. The molecule has 0 saturated carbocycles. The van der Waals surface area contributed by atoms with Crippen molar-refractivity contribution in [1.29, 1.82) is 0 Å². The lowest BCUT2D eigenvalue weighted by Crippen LogP contribution is -2.30. The number of rotatable bonds is 8. The second-order valence-corrected chi connectivity index (χ2v) is 6.40. The molecule has 0 unspecified atom stereocenters. The number of nitrogens with zero attached hydrogens (tertiary/aromatic N) is 1. The van der Waals surface area contributed by atoms with Gasteiger partial charge in [-0.1, -0.05) is 12.1 Å². The fourth-order valence-electron chi connectivity index (χ4n) is 2.75. The van der Waals surface area contributed by atoms with E-state index in [9.17, 15) is 9.59 Å². The molecule has 1 N–H and O–H groups in total. The predicted octanol–water partition coefficient (Wildman–Crippen LogP) is 4.19. The van der Waals surface area contributed by atoms with Gasteiger partial charge in [-0.05, 0) is 69.2 Å². The number of aryl methyl sites for hydroxylation is 1. The summed E-state index contributed by atoms with van der Waals surface area (Å²) < 4.78 is 5.72. The number of hydrogen-bond acceptors (Lipinski definition) is 3. The molecule has 5 nitrogen and oxygen atoms in total. The molecule has 0 spiro atoms. The van der Waals surface area contributed by atoms with Gasteiger partial charge in [0.25, 0.3) is 5.91 Å². The first kappa shape index (κ1) is 20.5. The molecule has 0 aromatic heterocycles. The normalized spacial score (nSPS) is 10.4. The lowest BCUT2D eigenvalue weighted by molar-refractivity contribution is -0.116. The summed E-state index contributed by atoms with van der Waals surface area (Å²) in [5, 5.41) is 2.83. The number of anilines is 1. The third-order valence-electron chi connectivity index (χ3n) is 4.61. The lowest BCUT2D eigenvalue weighted by atomic mass is 10.1. The summed E-state index contributed by atoms with van der Waals surface area (Å²) in [6.45, 7) is 9.61. The van der Waals surface area contributed by atoms with Crippen LogP contribution in [0.15, 0.2) is 42.5 Å². The zero-order chi connectivity index (χ0) is 19.8. The highest BCUT2D eigenvalue weighted by Gasteiger charge is 2.12. The van der Waals surface area contributed by atoms with E-state index in [0.29, 0.717) is 30.9 Å². The molecular weight excluding hydrogens is 340 g/mol. The van der Waals surface area contributed by atoms with Gasteiger partial charge in [-0.3, -0.25) is 9.59 Å². The van der Waals surface area contributed by atoms with Crippen LogP contribution in [0.2, 0.25) is 0 Å². The van der Waals surface area contributed by atoms with Crippen molar-refractivity contribution in [2.75, 3.05) is 25.0 Å².